The van der Waals surface area contributed by atoms with Crippen LogP contribution in [0.5, 0.6) is 0 Å². The van der Waals surface area contributed by atoms with E-state index in [1.165, 1.54) is 50.8 Å². The van der Waals surface area contributed by atoms with Gasteiger partial charge in [-0.25, -0.2) is 4.79 Å². The minimum absolute atomic E-state index is 0.269. The van der Waals surface area contributed by atoms with Crippen molar-refractivity contribution in [3.63, 3.8) is 0 Å². The Morgan fingerprint density at radius 1 is 1.13 bits per heavy atom. The Labute approximate surface area is 178 Å². The van der Waals surface area contributed by atoms with Crippen molar-refractivity contribution in [2.75, 3.05) is 6.61 Å². The third-order valence-electron chi connectivity index (χ3n) is 5.81. The van der Waals surface area contributed by atoms with Gasteiger partial charge in [0, 0.05) is 12.6 Å². The summed E-state index contributed by atoms with van der Waals surface area (Å²) in [4.78, 5) is 26.0. The molecule has 0 aromatic rings. The monoisotopic (exact) mass is 427 g/mol. The summed E-state index contributed by atoms with van der Waals surface area (Å²) < 4.78 is 5.34. The fraction of sp³-hybridized carbons (Fsp3) is 0.810. The van der Waals surface area contributed by atoms with Crippen LogP contribution in [0, 0.1) is 0 Å². The van der Waals surface area contributed by atoms with Gasteiger partial charge in [-0.05, 0) is 12.5 Å². The van der Waals surface area contributed by atoms with Crippen LogP contribution in [0.25, 0.3) is 0 Å². The van der Waals surface area contributed by atoms with Crippen LogP contribution in [0.4, 0.5) is 4.79 Å². The molecule has 1 unspecified atom stereocenters. The molecule has 0 radical (unpaired) electrons. The van der Waals surface area contributed by atoms with Crippen molar-refractivity contribution in [1.82, 2.24) is 10.2 Å². The Morgan fingerprint density at radius 2 is 1.73 bits per heavy atom. The molecule has 2 amide bonds. The molecule has 0 bridgehead atoms. The molecule has 5 atom stereocenters. The second-order valence-corrected chi connectivity index (χ2v) is 8.25. The normalized spacial score (nSPS) is 31.2. The van der Waals surface area contributed by atoms with Gasteiger partial charge >= 0.3 is 6.03 Å². The van der Waals surface area contributed by atoms with Crippen LogP contribution in [0.3, 0.4) is 0 Å². The third kappa shape index (κ3) is 6.24. The molecule has 0 aromatic heterocycles. The molecular weight excluding hydrogens is 390 g/mol. The van der Waals surface area contributed by atoms with Crippen LogP contribution >= 0.6 is 0 Å². The largest absolute Gasteiger partial charge is 0.394 e. The molecule has 6 N–H and O–H groups in total. The van der Waals surface area contributed by atoms with Crippen LogP contribution in [-0.4, -0.2) is 68.8 Å². The number of urea groups is 1. The van der Waals surface area contributed by atoms with E-state index in [2.05, 4.69) is 12.2 Å². The average molecular weight is 428 g/mol. The number of amides is 2. The van der Waals surface area contributed by atoms with Gasteiger partial charge in [-0.1, -0.05) is 58.3 Å². The van der Waals surface area contributed by atoms with Crippen LogP contribution in [0.1, 0.15) is 71.1 Å². The van der Waals surface area contributed by atoms with Gasteiger partial charge in [0.2, 0.25) is 0 Å². The van der Waals surface area contributed by atoms with Crippen molar-refractivity contribution >= 4 is 11.8 Å². The van der Waals surface area contributed by atoms with Gasteiger partial charge in [0.1, 0.15) is 18.3 Å². The summed E-state index contributed by atoms with van der Waals surface area (Å²) in [6.45, 7) is 1.71. The summed E-state index contributed by atoms with van der Waals surface area (Å²) in [6, 6.07) is -0.713. The van der Waals surface area contributed by atoms with Crippen molar-refractivity contribution in [3.8, 4) is 0 Å². The Hall–Kier alpha value is -1.52. The number of hydrogen-bond donors (Lipinski definition) is 5. The van der Waals surface area contributed by atoms with Crippen molar-refractivity contribution in [1.29, 1.82) is 0 Å². The first-order valence-corrected chi connectivity index (χ1v) is 11.1. The lowest BCUT2D eigenvalue weighted by Gasteiger charge is -2.36. The van der Waals surface area contributed by atoms with Crippen molar-refractivity contribution in [3.05, 3.63) is 12.3 Å². The lowest BCUT2D eigenvalue weighted by Crippen LogP contribution is -2.66. The van der Waals surface area contributed by atoms with Crippen LogP contribution < -0.4 is 11.1 Å². The number of nitrogens with one attached hydrogen (secondary N) is 1. The number of aliphatic hydroxyl groups excluding tert-OH is 3. The van der Waals surface area contributed by atoms with E-state index in [1.807, 2.05) is 0 Å². The van der Waals surface area contributed by atoms with Gasteiger partial charge in [-0.2, -0.15) is 0 Å². The van der Waals surface area contributed by atoms with Crippen molar-refractivity contribution in [2.24, 2.45) is 5.73 Å². The Morgan fingerprint density at radius 3 is 2.27 bits per heavy atom. The van der Waals surface area contributed by atoms with Gasteiger partial charge in [0.25, 0.3) is 0 Å². The number of ether oxygens (including phenoxy) is 1. The minimum Gasteiger partial charge on any atom is -0.394 e. The first-order valence-electron chi connectivity index (χ1n) is 11.1. The fourth-order valence-electron chi connectivity index (χ4n) is 3.82. The van der Waals surface area contributed by atoms with Crippen molar-refractivity contribution in [2.45, 2.75) is 101 Å². The second-order valence-electron chi connectivity index (χ2n) is 8.25. The summed E-state index contributed by atoms with van der Waals surface area (Å²) in [5.74, 6) is -0.282. The van der Waals surface area contributed by atoms with E-state index in [9.17, 15) is 24.9 Å². The predicted molar refractivity (Wildman–Crippen MR) is 111 cm³/mol. The number of Topliss-reactive ketones (excluding diaryl/α,β-unsaturated/α-hetero) is 1. The summed E-state index contributed by atoms with van der Waals surface area (Å²) in [5, 5.41) is 31.6. The zero-order valence-electron chi connectivity index (χ0n) is 17.8. The zero-order valence-corrected chi connectivity index (χ0v) is 17.8. The number of hydrogen-bond acceptors (Lipinski definition) is 7. The molecule has 0 aromatic carbocycles. The Balaban J connectivity index is 1.77. The number of carbonyl (C=O) groups excluding carboxylic acids is 2. The molecular formula is C21H37N3O6. The number of unbranched alkanes of at least 4 members (excludes halogenated alkanes) is 8. The molecule has 2 heterocycles. The standard InChI is InChI=1S/C21H37N3O6/c1-2-3-4-5-6-7-8-9-10-11-16(26)21(22)12-13-24(20(29)23-21)19-18(28)17(27)15(14-25)30-19/h12-13,15,17-19,25,27-28H,2-11,14,22H2,1H3,(H,23,29)/t15-,17-,18-,19-,21?/m1/s1. The first-order chi connectivity index (χ1) is 14.3. The first kappa shape index (κ1) is 24.7. The highest BCUT2D eigenvalue weighted by molar-refractivity contribution is 5.95. The molecule has 0 spiro atoms. The van der Waals surface area contributed by atoms with Gasteiger partial charge in [0.15, 0.2) is 17.7 Å². The molecule has 172 valence electrons. The molecule has 1 fully saturated rings. The molecule has 2 aliphatic rings. The number of nitrogens with zero attached hydrogens (tertiary/aromatic N) is 1. The number of carbonyl (C=O) groups is 2. The number of rotatable bonds is 13. The summed E-state index contributed by atoms with van der Waals surface area (Å²) in [5.41, 5.74) is 4.49. The van der Waals surface area contributed by atoms with Gasteiger partial charge in [-0.3, -0.25) is 15.4 Å². The van der Waals surface area contributed by atoms with Gasteiger partial charge in [-0.15, -0.1) is 0 Å². The zero-order chi connectivity index (χ0) is 22.1. The Kier molecular flexibility index (Phi) is 9.70. The number of ketones is 1. The summed E-state index contributed by atoms with van der Waals surface area (Å²) in [7, 11) is 0. The van der Waals surface area contributed by atoms with Crippen molar-refractivity contribution < 1.29 is 29.6 Å². The lowest BCUT2D eigenvalue weighted by atomic mass is 9.98. The molecule has 1 saturated heterocycles. The molecule has 9 nitrogen and oxygen atoms in total. The molecule has 0 saturated carbocycles. The SMILES string of the molecule is CCCCCCCCCCCC(=O)C1(N)C=CN([C@@H]2O[C@H](CO)[C@@H](O)[C@H]2O)C(=O)N1. The van der Waals surface area contributed by atoms with Gasteiger partial charge in [0.05, 0.1) is 6.61 Å². The van der Waals surface area contributed by atoms with Crippen LogP contribution in [0.15, 0.2) is 12.3 Å². The summed E-state index contributed by atoms with van der Waals surface area (Å²) >= 11 is 0. The summed E-state index contributed by atoms with van der Waals surface area (Å²) in [6.07, 6.45) is 8.26. The third-order valence-corrected chi connectivity index (χ3v) is 5.81. The molecule has 30 heavy (non-hydrogen) atoms. The smallest absolute Gasteiger partial charge is 0.325 e. The highest BCUT2D eigenvalue weighted by Crippen LogP contribution is 2.26. The number of nitrogens with two attached hydrogens (primary N) is 1. The Bertz CT molecular complexity index is 601. The molecule has 2 aliphatic heterocycles. The maximum absolute atomic E-state index is 12.6. The maximum atomic E-state index is 12.6. The molecule has 2 rings (SSSR count). The quantitative estimate of drug-likeness (QED) is 0.277. The van der Waals surface area contributed by atoms with E-state index in [-0.39, 0.29) is 12.2 Å². The van der Waals surface area contributed by atoms with E-state index < -0.39 is 42.8 Å². The molecule has 0 aliphatic carbocycles. The van der Waals surface area contributed by atoms with E-state index >= 15 is 0 Å². The highest BCUT2D eigenvalue weighted by atomic mass is 16.6. The van der Waals surface area contributed by atoms with E-state index in [4.69, 9.17) is 10.5 Å². The molecule has 9 heteroatoms. The predicted octanol–water partition coefficient (Wildman–Crippen LogP) is 1.11. The van der Waals surface area contributed by atoms with E-state index in [1.54, 1.807) is 0 Å². The second kappa shape index (κ2) is 11.8. The van der Waals surface area contributed by atoms with Crippen LogP contribution in [-0.2, 0) is 9.53 Å². The fourth-order valence-corrected chi connectivity index (χ4v) is 3.82. The number of aliphatic hydroxyl groups is 3. The lowest BCUT2D eigenvalue weighted by molar-refractivity contribution is -0.124. The maximum Gasteiger partial charge on any atom is 0.325 e. The van der Waals surface area contributed by atoms with E-state index in [0.717, 1.165) is 24.2 Å². The topological polar surface area (TPSA) is 145 Å². The minimum atomic E-state index is -1.60. The average Bonchev–Trinajstić information content (AvgIpc) is 3.00. The van der Waals surface area contributed by atoms with E-state index in [0.29, 0.717) is 0 Å². The van der Waals surface area contributed by atoms with Gasteiger partial charge < -0.3 is 25.4 Å². The van der Waals surface area contributed by atoms with Crippen LogP contribution in [0.2, 0.25) is 0 Å². The highest BCUT2D eigenvalue weighted by Gasteiger charge is 2.48.